The molecule has 0 saturated carbocycles. The first-order chi connectivity index (χ1) is 13.7. The standard InChI is InChI=1S/C21H28N2O6/c1-6-21-12-27-17-16(15(11-28-21)23(21)19(25)29-20(2,3)4)22(18(17)24)13-7-9-14(26-5)10-8-13/h7-10,15-17H,6,11-12H2,1-5H3/t15-,16+,17-,21+/m0/s1. The second-order valence-corrected chi connectivity index (χ2v) is 8.66. The van der Waals surface area contributed by atoms with E-state index in [1.165, 1.54) is 0 Å². The van der Waals surface area contributed by atoms with Gasteiger partial charge in [0, 0.05) is 5.69 Å². The molecule has 8 heteroatoms. The second-order valence-electron chi connectivity index (χ2n) is 8.66. The minimum Gasteiger partial charge on any atom is -0.497 e. The van der Waals surface area contributed by atoms with Crippen LogP contribution >= 0.6 is 0 Å². The van der Waals surface area contributed by atoms with Crippen LogP contribution in [-0.2, 0) is 19.0 Å². The highest BCUT2D eigenvalue weighted by molar-refractivity contribution is 6.05. The SMILES string of the molecule is CC[C@]12CO[C@@H]3C(=O)N(c4ccc(OC)cc4)[C@@H]3[C@H](CO1)N2C(=O)OC(C)(C)C. The van der Waals surface area contributed by atoms with E-state index in [9.17, 15) is 9.59 Å². The van der Waals surface area contributed by atoms with E-state index in [-0.39, 0.29) is 24.6 Å². The molecule has 0 radical (unpaired) electrons. The van der Waals surface area contributed by atoms with Crippen LogP contribution in [0.15, 0.2) is 24.3 Å². The van der Waals surface area contributed by atoms with Crippen LogP contribution in [0.2, 0.25) is 0 Å². The molecule has 0 N–H and O–H groups in total. The predicted octanol–water partition coefficient (Wildman–Crippen LogP) is 2.55. The highest BCUT2D eigenvalue weighted by atomic mass is 16.6. The van der Waals surface area contributed by atoms with E-state index in [0.29, 0.717) is 18.8 Å². The lowest BCUT2D eigenvalue weighted by Crippen LogP contribution is -2.72. The zero-order valence-electron chi connectivity index (χ0n) is 17.5. The third-order valence-electron chi connectivity index (χ3n) is 5.76. The Hall–Kier alpha value is -2.32. The first-order valence-electron chi connectivity index (χ1n) is 9.96. The van der Waals surface area contributed by atoms with Crippen molar-refractivity contribution in [2.75, 3.05) is 25.2 Å². The van der Waals surface area contributed by atoms with Gasteiger partial charge in [-0.05, 0) is 51.5 Å². The molecule has 0 aliphatic carbocycles. The molecular formula is C21H28N2O6. The third-order valence-corrected chi connectivity index (χ3v) is 5.76. The average Bonchev–Trinajstić information content (AvgIpc) is 2.97. The van der Waals surface area contributed by atoms with Crippen LogP contribution in [0, 0.1) is 0 Å². The average molecular weight is 404 g/mol. The minimum absolute atomic E-state index is 0.108. The summed E-state index contributed by atoms with van der Waals surface area (Å²) in [7, 11) is 1.60. The maximum Gasteiger partial charge on any atom is 0.413 e. The summed E-state index contributed by atoms with van der Waals surface area (Å²) in [6.07, 6.45) is -0.497. The van der Waals surface area contributed by atoms with E-state index in [0.717, 1.165) is 5.69 Å². The largest absolute Gasteiger partial charge is 0.497 e. The summed E-state index contributed by atoms with van der Waals surface area (Å²) in [6, 6.07) is 6.59. The number of carbonyl (C=O) groups is 2. The van der Waals surface area contributed by atoms with Gasteiger partial charge in [-0.3, -0.25) is 9.69 Å². The number of hydrogen-bond acceptors (Lipinski definition) is 6. The van der Waals surface area contributed by atoms with E-state index in [4.69, 9.17) is 18.9 Å². The number of amides is 2. The van der Waals surface area contributed by atoms with Crippen molar-refractivity contribution in [1.29, 1.82) is 0 Å². The van der Waals surface area contributed by atoms with Gasteiger partial charge in [0.2, 0.25) is 0 Å². The normalized spacial score (nSPS) is 31.1. The number of anilines is 1. The van der Waals surface area contributed by atoms with Crippen LogP contribution in [0.3, 0.4) is 0 Å². The van der Waals surface area contributed by atoms with Gasteiger partial charge >= 0.3 is 6.09 Å². The number of benzene rings is 1. The van der Waals surface area contributed by atoms with Gasteiger partial charge in [-0.15, -0.1) is 0 Å². The molecule has 2 amide bonds. The molecule has 4 rings (SSSR count). The van der Waals surface area contributed by atoms with Gasteiger partial charge in [-0.2, -0.15) is 0 Å². The molecule has 4 atom stereocenters. The monoisotopic (exact) mass is 404 g/mol. The van der Waals surface area contributed by atoms with E-state index in [2.05, 4.69) is 0 Å². The summed E-state index contributed by atoms with van der Waals surface area (Å²) in [5, 5.41) is 0. The Morgan fingerprint density at radius 3 is 2.55 bits per heavy atom. The van der Waals surface area contributed by atoms with Crippen molar-refractivity contribution >= 4 is 17.7 Å². The molecule has 3 aliphatic rings. The summed E-state index contributed by atoms with van der Waals surface area (Å²) in [4.78, 5) is 29.3. The van der Waals surface area contributed by atoms with Crippen molar-refractivity contribution in [1.82, 2.24) is 4.90 Å². The Kier molecular flexibility index (Phi) is 4.74. The lowest BCUT2D eigenvalue weighted by Gasteiger charge is -2.49. The molecule has 0 spiro atoms. The summed E-state index contributed by atoms with van der Waals surface area (Å²) >= 11 is 0. The topological polar surface area (TPSA) is 77.5 Å². The zero-order valence-corrected chi connectivity index (χ0v) is 17.5. The van der Waals surface area contributed by atoms with Crippen LogP contribution in [0.1, 0.15) is 34.1 Å². The lowest BCUT2D eigenvalue weighted by atomic mass is 9.89. The number of rotatable bonds is 3. The molecule has 3 saturated heterocycles. The predicted molar refractivity (Wildman–Crippen MR) is 105 cm³/mol. The van der Waals surface area contributed by atoms with E-state index in [1.54, 1.807) is 29.0 Å². The molecule has 1 aromatic carbocycles. The quantitative estimate of drug-likeness (QED) is 0.721. The van der Waals surface area contributed by atoms with Crippen molar-refractivity contribution in [3.63, 3.8) is 0 Å². The fourth-order valence-electron chi connectivity index (χ4n) is 4.33. The fraction of sp³-hybridized carbons (Fsp3) is 0.619. The Labute approximate surface area is 170 Å². The maximum absolute atomic E-state index is 13.1. The molecule has 3 fully saturated rings. The molecule has 0 aromatic heterocycles. The fourth-order valence-corrected chi connectivity index (χ4v) is 4.33. The smallest absolute Gasteiger partial charge is 0.413 e. The molecule has 8 nitrogen and oxygen atoms in total. The van der Waals surface area contributed by atoms with Gasteiger partial charge < -0.3 is 23.8 Å². The third kappa shape index (κ3) is 3.14. The van der Waals surface area contributed by atoms with Crippen LogP contribution in [0.4, 0.5) is 10.5 Å². The molecule has 29 heavy (non-hydrogen) atoms. The number of fused-ring (bicyclic) bond motifs is 4. The van der Waals surface area contributed by atoms with Gasteiger partial charge in [0.1, 0.15) is 11.4 Å². The number of methoxy groups -OCH3 is 1. The van der Waals surface area contributed by atoms with Crippen molar-refractivity contribution in [2.45, 2.75) is 63.6 Å². The molecule has 158 valence electrons. The number of nitrogens with zero attached hydrogens (tertiary/aromatic N) is 2. The number of β-lactam (4-membered cyclic amide) rings is 1. The second kappa shape index (κ2) is 6.88. The Morgan fingerprint density at radius 1 is 1.28 bits per heavy atom. The number of ether oxygens (including phenoxy) is 4. The van der Waals surface area contributed by atoms with Crippen LogP contribution in [0.5, 0.6) is 5.75 Å². The highest BCUT2D eigenvalue weighted by Gasteiger charge is 2.64. The first-order valence-corrected chi connectivity index (χ1v) is 9.96. The molecular weight excluding hydrogens is 376 g/mol. The van der Waals surface area contributed by atoms with Gasteiger partial charge in [0.05, 0.1) is 32.4 Å². The van der Waals surface area contributed by atoms with Gasteiger partial charge in [-0.25, -0.2) is 4.79 Å². The molecule has 3 heterocycles. The van der Waals surface area contributed by atoms with E-state index < -0.39 is 23.5 Å². The lowest BCUT2D eigenvalue weighted by molar-refractivity contribution is -0.159. The first kappa shape index (κ1) is 20.0. The molecule has 1 aromatic rings. The van der Waals surface area contributed by atoms with Crippen molar-refractivity contribution in [2.24, 2.45) is 0 Å². The van der Waals surface area contributed by atoms with Gasteiger partial charge in [0.25, 0.3) is 5.91 Å². The van der Waals surface area contributed by atoms with Gasteiger partial charge in [-0.1, -0.05) is 6.92 Å². The van der Waals surface area contributed by atoms with E-state index >= 15 is 0 Å². The summed E-state index contributed by atoms with van der Waals surface area (Å²) in [5.74, 6) is 0.600. The Bertz CT molecular complexity index is 804. The van der Waals surface area contributed by atoms with Crippen LogP contribution < -0.4 is 9.64 Å². The van der Waals surface area contributed by atoms with Crippen molar-refractivity contribution < 1.29 is 28.5 Å². The highest BCUT2D eigenvalue weighted by Crippen LogP contribution is 2.44. The van der Waals surface area contributed by atoms with Crippen LogP contribution in [-0.4, -0.2) is 66.7 Å². The van der Waals surface area contributed by atoms with Crippen LogP contribution in [0.25, 0.3) is 0 Å². The summed E-state index contributed by atoms with van der Waals surface area (Å²) < 4.78 is 22.9. The van der Waals surface area contributed by atoms with Crippen molar-refractivity contribution in [3.8, 4) is 5.75 Å². The molecule has 3 aliphatic heterocycles. The number of carbonyl (C=O) groups excluding carboxylic acids is 2. The van der Waals surface area contributed by atoms with E-state index in [1.807, 2.05) is 39.8 Å². The number of hydrogen-bond donors (Lipinski definition) is 0. The Balaban J connectivity index is 1.68. The zero-order chi connectivity index (χ0) is 21.0. The van der Waals surface area contributed by atoms with Gasteiger partial charge in [0.15, 0.2) is 11.8 Å². The minimum atomic E-state index is -0.920. The maximum atomic E-state index is 13.1. The molecule has 0 unspecified atom stereocenters. The summed E-state index contributed by atoms with van der Waals surface area (Å²) in [5.41, 5.74) is -0.819. The molecule has 2 bridgehead atoms. The Morgan fingerprint density at radius 2 is 1.97 bits per heavy atom. The summed E-state index contributed by atoms with van der Waals surface area (Å²) in [6.45, 7) is 7.92. The van der Waals surface area contributed by atoms with Crippen molar-refractivity contribution in [3.05, 3.63) is 24.3 Å².